The molecule has 0 unspecified atom stereocenters. The van der Waals surface area contributed by atoms with Gasteiger partial charge in [0.15, 0.2) is 0 Å². The maximum Gasteiger partial charge on any atom is 0.374 e. The molecule has 1 aliphatic heterocycles. The number of carbonyl (C=O) groups excluding carboxylic acids is 2. The summed E-state index contributed by atoms with van der Waals surface area (Å²) in [7, 11) is 1.26. The summed E-state index contributed by atoms with van der Waals surface area (Å²) >= 11 is 0. The highest BCUT2D eigenvalue weighted by Crippen LogP contribution is 2.23. The normalized spacial score (nSPS) is 13.8. The van der Waals surface area contributed by atoms with E-state index < -0.39 is 11.9 Å². The van der Waals surface area contributed by atoms with Crippen LogP contribution in [-0.4, -0.2) is 37.1 Å². The largest absolute Gasteiger partial charge is 0.463 e. The van der Waals surface area contributed by atoms with Gasteiger partial charge in [-0.1, -0.05) is 0 Å². The standard InChI is InChI=1S/C17H18N2O5/c1-22-17(21)14-12(6-10-23-14)11-24-16(20)13-5-4-7-18-15(13)19-8-2-3-9-19/h4-7,10H,2-3,8-9,11H2,1H3. The summed E-state index contributed by atoms with van der Waals surface area (Å²) in [5.74, 6) is -0.413. The molecular weight excluding hydrogens is 312 g/mol. The molecule has 3 rings (SSSR count). The van der Waals surface area contributed by atoms with Crippen molar-refractivity contribution in [1.82, 2.24) is 4.98 Å². The van der Waals surface area contributed by atoms with Gasteiger partial charge in [0.25, 0.3) is 0 Å². The van der Waals surface area contributed by atoms with Gasteiger partial charge >= 0.3 is 11.9 Å². The topological polar surface area (TPSA) is 81.9 Å². The van der Waals surface area contributed by atoms with E-state index in [1.165, 1.54) is 13.4 Å². The molecule has 0 atom stereocenters. The molecule has 0 bridgehead atoms. The van der Waals surface area contributed by atoms with E-state index in [0.717, 1.165) is 25.9 Å². The van der Waals surface area contributed by atoms with Gasteiger partial charge in [0.2, 0.25) is 5.76 Å². The Morgan fingerprint density at radius 3 is 2.79 bits per heavy atom. The Bertz CT molecular complexity index is 734. The van der Waals surface area contributed by atoms with Crippen LogP contribution < -0.4 is 4.90 Å². The fraction of sp³-hybridized carbons (Fsp3) is 0.353. The zero-order valence-electron chi connectivity index (χ0n) is 13.4. The van der Waals surface area contributed by atoms with Gasteiger partial charge in [-0.3, -0.25) is 0 Å². The average molecular weight is 330 g/mol. The molecule has 7 heteroatoms. The van der Waals surface area contributed by atoms with Crippen molar-refractivity contribution in [3.8, 4) is 0 Å². The van der Waals surface area contributed by atoms with Crippen molar-refractivity contribution in [3.63, 3.8) is 0 Å². The Kier molecular flexibility index (Phi) is 4.79. The van der Waals surface area contributed by atoms with Crippen LogP contribution in [0.2, 0.25) is 0 Å². The average Bonchev–Trinajstić information content (AvgIpc) is 3.30. The minimum absolute atomic E-state index is 0.0382. The summed E-state index contributed by atoms with van der Waals surface area (Å²) in [4.78, 5) is 30.4. The Morgan fingerprint density at radius 2 is 2.04 bits per heavy atom. The smallest absolute Gasteiger partial charge is 0.374 e. The van der Waals surface area contributed by atoms with Crippen molar-refractivity contribution in [2.24, 2.45) is 0 Å². The van der Waals surface area contributed by atoms with Gasteiger partial charge < -0.3 is 18.8 Å². The molecule has 1 saturated heterocycles. The van der Waals surface area contributed by atoms with Crippen molar-refractivity contribution >= 4 is 17.8 Å². The van der Waals surface area contributed by atoms with Crippen LogP contribution >= 0.6 is 0 Å². The number of rotatable bonds is 5. The maximum absolute atomic E-state index is 12.4. The second-order valence-corrected chi connectivity index (χ2v) is 5.41. The molecule has 0 spiro atoms. The Labute approximate surface area is 139 Å². The molecule has 2 aromatic rings. The minimum Gasteiger partial charge on any atom is -0.463 e. The van der Waals surface area contributed by atoms with Gasteiger partial charge in [-0.25, -0.2) is 14.6 Å². The molecule has 24 heavy (non-hydrogen) atoms. The number of esters is 2. The summed E-state index contributed by atoms with van der Waals surface area (Å²) in [6.45, 7) is 1.69. The van der Waals surface area contributed by atoms with Crippen molar-refractivity contribution in [1.29, 1.82) is 0 Å². The number of carbonyl (C=O) groups is 2. The van der Waals surface area contributed by atoms with E-state index in [2.05, 4.69) is 14.6 Å². The number of aromatic nitrogens is 1. The first-order chi connectivity index (χ1) is 11.7. The fourth-order valence-electron chi connectivity index (χ4n) is 2.68. The van der Waals surface area contributed by atoms with E-state index in [-0.39, 0.29) is 12.4 Å². The quantitative estimate of drug-likeness (QED) is 0.779. The SMILES string of the molecule is COC(=O)c1occc1COC(=O)c1cccnc1N1CCCC1. The molecule has 0 aromatic carbocycles. The molecular formula is C17H18N2O5. The monoisotopic (exact) mass is 330 g/mol. The Hall–Kier alpha value is -2.83. The zero-order chi connectivity index (χ0) is 16.9. The first-order valence-electron chi connectivity index (χ1n) is 7.72. The van der Waals surface area contributed by atoms with Crippen LogP contribution in [-0.2, 0) is 16.1 Å². The number of ether oxygens (including phenoxy) is 2. The lowest BCUT2D eigenvalue weighted by molar-refractivity contribution is 0.0454. The minimum atomic E-state index is -0.606. The van der Waals surface area contributed by atoms with E-state index in [1.54, 1.807) is 24.4 Å². The van der Waals surface area contributed by atoms with E-state index in [4.69, 9.17) is 9.15 Å². The van der Waals surface area contributed by atoms with Crippen LogP contribution in [0.5, 0.6) is 0 Å². The van der Waals surface area contributed by atoms with Gasteiger partial charge in [0.05, 0.1) is 13.4 Å². The van der Waals surface area contributed by atoms with Gasteiger partial charge in [0.1, 0.15) is 18.0 Å². The molecule has 0 N–H and O–H groups in total. The van der Waals surface area contributed by atoms with Gasteiger partial charge in [-0.15, -0.1) is 0 Å². The highest BCUT2D eigenvalue weighted by molar-refractivity contribution is 5.95. The highest BCUT2D eigenvalue weighted by Gasteiger charge is 2.22. The second-order valence-electron chi connectivity index (χ2n) is 5.41. The molecule has 0 aliphatic carbocycles. The number of hydrogen-bond donors (Lipinski definition) is 0. The van der Waals surface area contributed by atoms with Crippen LogP contribution in [0.25, 0.3) is 0 Å². The molecule has 0 radical (unpaired) electrons. The Morgan fingerprint density at radius 1 is 1.25 bits per heavy atom. The molecule has 1 aliphatic rings. The molecule has 1 fully saturated rings. The molecule has 3 heterocycles. The lowest BCUT2D eigenvalue weighted by Crippen LogP contribution is -2.22. The third-order valence-electron chi connectivity index (χ3n) is 3.89. The summed E-state index contributed by atoms with van der Waals surface area (Å²) < 4.78 is 15.0. The van der Waals surface area contributed by atoms with Crippen LogP contribution in [0.3, 0.4) is 0 Å². The number of nitrogens with zero attached hydrogens (tertiary/aromatic N) is 2. The lowest BCUT2D eigenvalue weighted by atomic mass is 10.2. The molecule has 0 saturated carbocycles. The molecule has 2 aromatic heterocycles. The van der Waals surface area contributed by atoms with Crippen LogP contribution in [0.15, 0.2) is 35.1 Å². The molecule has 7 nitrogen and oxygen atoms in total. The zero-order valence-corrected chi connectivity index (χ0v) is 13.4. The predicted octanol–water partition coefficient (Wildman–Crippen LogP) is 2.42. The van der Waals surface area contributed by atoms with Crippen LogP contribution in [0.1, 0.15) is 39.3 Å². The van der Waals surface area contributed by atoms with Gasteiger partial charge in [0, 0.05) is 24.8 Å². The fourth-order valence-corrected chi connectivity index (χ4v) is 2.68. The summed E-state index contributed by atoms with van der Waals surface area (Å²) in [5, 5.41) is 0. The van der Waals surface area contributed by atoms with E-state index in [1.807, 2.05) is 0 Å². The van der Waals surface area contributed by atoms with Gasteiger partial charge in [-0.05, 0) is 31.0 Å². The van der Waals surface area contributed by atoms with Crippen molar-refractivity contribution < 1.29 is 23.5 Å². The third kappa shape index (κ3) is 3.24. The number of methoxy groups -OCH3 is 1. The summed E-state index contributed by atoms with van der Waals surface area (Å²) in [6.07, 6.45) is 5.19. The predicted molar refractivity (Wildman–Crippen MR) is 84.9 cm³/mol. The van der Waals surface area contributed by atoms with Crippen molar-refractivity contribution in [2.45, 2.75) is 19.4 Å². The van der Waals surface area contributed by atoms with Crippen LogP contribution in [0.4, 0.5) is 5.82 Å². The highest BCUT2D eigenvalue weighted by atomic mass is 16.5. The number of anilines is 1. The maximum atomic E-state index is 12.4. The summed E-state index contributed by atoms with van der Waals surface area (Å²) in [6, 6.07) is 4.97. The molecule has 126 valence electrons. The van der Waals surface area contributed by atoms with E-state index >= 15 is 0 Å². The van der Waals surface area contributed by atoms with E-state index in [9.17, 15) is 9.59 Å². The van der Waals surface area contributed by atoms with Crippen LogP contribution in [0, 0.1) is 0 Å². The van der Waals surface area contributed by atoms with E-state index in [0.29, 0.717) is 16.9 Å². The Balaban J connectivity index is 1.72. The lowest BCUT2D eigenvalue weighted by Gasteiger charge is -2.18. The summed E-state index contributed by atoms with van der Waals surface area (Å²) in [5.41, 5.74) is 0.879. The number of furan rings is 1. The first kappa shape index (κ1) is 16.0. The van der Waals surface area contributed by atoms with Crippen molar-refractivity contribution in [3.05, 3.63) is 47.5 Å². The first-order valence-corrected chi connectivity index (χ1v) is 7.72. The third-order valence-corrected chi connectivity index (χ3v) is 3.89. The molecule has 0 amide bonds. The van der Waals surface area contributed by atoms with Gasteiger partial charge in [-0.2, -0.15) is 0 Å². The van der Waals surface area contributed by atoms with Crippen molar-refractivity contribution in [2.75, 3.05) is 25.1 Å². The second kappa shape index (κ2) is 7.16. The number of pyridine rings is 1. The number of hydrogen-bond acceptors (Lipinski definition) is 7.